The van der Waals surface area contributed by atoms with E-state index in [1.807, 2.05) is 0 Å². The van der Waals surface area contributed by atoms with E-state index in [0.29, 0.717) is 5.92 Å². The second-order valence-corrected chi connectivity index (χ2v) is 15.6. The Morgan fingerprint density at radius 1 is 0.906 bits per heavy atom. The SMILES string of the molecule is CC1=[C-]C(C)C(C)=C1C.CC[Si](=[Zr+2])CC.Cl.Cl.c1ccc(-c2c[cH-]c3ccccc23)cc1. The van der Waals surface area contributed by atoms with Crippen LogP contribution in [0.15, 0.2) is 83.4 Å². The molecule has 1 unspecified atom stereocenters. The zero-order valence-corrected chi connectivity index (χ0v) is 25.2. The van der Waals surface area contributed by atoms with Crippen LogP contribution in [0.2, 0.25) is 12.1 Å². The zero-order chi connectivity index (χ0) is 22.1. The van der Waals surface area contributed by atoms with Crippen molar-refractivity contribution < 1.29 is 23.3 Å². The predicted octanol–water partition coefficient (Wildman–Crippen LogP) is 9.36. The van der Waals surface area contributed by atoms with Gasteiger partial charge in [-0.15, -0.1) is 78.4 Å². The van der Waals surface area contributed by atoms with Crippen LogP contribution in [0.3, 0.4) is 0 Å². The summed E-state index contributed by atoms with van der Waals surface area (Å²) >= 11 is 1.80. The Labute approximate surface area is 223 Å². The van der Waals surface area contributed by atoms with Crippen LogP contribution >= 0.6 is 24.8 Å². The van der Waals surface area contributed by atoms with E-state index < -0.39 is 0 Å². The third-order valence-corrected chi connectivity index (χ3v) is 12.8. The molecule has 0 nitrogen and oxygen atoms in total. The number of fused-ring (bicyclic) bond motifs is 1. The van der Waals surface area contributed by atoms with E-state index in [0.717, 1.165) is 0 Å². The molecular weight excluding hydrogens is 527 g/mol. The number of halogens is 2. The molecule has 1 aliphatic carbocycles. The van der Waals surface area contributed by atoms with Gasteiger partial charge in [-0.2, -0.15) is 11.1 Å². The summed E-state index contributed by atoms with van der Waals surface area (Å²) in [5, 5.41) is 2.65. The van der Waals surface area contributed by atoms with Crippen molar-refractivity contribution in [3.05, 3.63) is 89.5 Å². The molecule has 0 N–H and O–H groups in total. The van der Waals surface area contributed by atoms with Crippen molar-refractivity contribution in [2.75, 3.05) is 0 Å². The summed E-state index contributed by atoms with van der Waals surface area (Å²) in [6.45, 7) is 13.3. The van der Waals surface area contributed by atoms with Crippen molar-refractivity contribution in [2.45, 2.75) is 53.6 Å². The summed E-state index contributed by atoms with van der Waals surface area (Å²) in [6, 6.07) is 26.3. The average molecular weight is 563 g/mol. The average Bonchev–Trinajstić information content (AvgIpc) is 3.31. The minimum absolute atomic E-state index is 0. The second kappa shape index (κ2) is 15.9. The third-order valence-electron chi connectivity index (χ3n) is 5.86. The van der Waals surface area contributed by atoms with E-state index in [-0.39, 0.29) is 30.2 Å². The number of hydrogen-bond acceptors (Lipinski definition) is 0. The van der Waals surface area contributed by atoms with Crippen LogP contribution in [-0.4, -0.2) is 5.43 Å². The normalized spacial score (nSPS) is 14.2. The Bertz CT molecular complexity index is 1030. The van der Waals surface area contributed by atoms with E-state index in [1.165, 1.54) is 50.7 Å². The molecule has 0 saturated heterocycles. The van der Waals surface area contributed by atoms with Crippen LogP contribution in [0, 0.1) is 12.0 Å². The van der Waals surface area contributed by atoms with Crippen LogP contribution < -0.4 is 0 Å². The number of rotatable bonds is 3. The standard InChI is InChI=1S/C15H11.C9H13.C4H10Si.2ClH.Zr/c1-2-6-12(7-3-1)15-11-10-13-8-4-5-9-14(13)15;1-6-5-7(2)9(4)8(6)3;1-3-5-4-2;;;/h1-11H;6H,1-4H3;3-4H2,1-2H3;2*1H;/q2*-1;;;;+2. The maximum Gasteiger partial charge on any atom is -0.0623 e. The topological polar surface area (TPSA) is 0 Å². The van der Waals surface area contributed by atoms with Gasteiger partial charge in [0, 0.05) is 0 Å². The molecule has 0 aromatic heterocycles. The van der Waals surface area contributed by atoms with Gasteiger partial charge >= 0.3 is 54.7 Å². The molecule has 32 heavy (non-hydrogen) atoms. The molecule has 0 aliphatic heterocycles. The third kappa shape index (κ3) is 8.86. The number of hydrogen-bond donors (Lipinski definition) is 0. The van der Waals surface area contributed by atoms with Gasteiger partial charge in [-0.1, -0.05) is 68.7 Å². The molecule has 0 radical (unpaired) electrons. The van der Waals surface area contributed by atoms with Crippen LogP contribution in [-0.2, 0) is 23.3 Å². The van der Waals surface area contributed by atoms with Gasteiger partial charge in [0.1, 0.15) is 0 Å². The summed E-state index contributed by atoms with van der Waals surface area (Å²) in [5.41, 5.74) is 7.08. The molecule has 0 spiro atoms. The van der Waals surface area contributed by atoms with Gasteiger partial charge in [0.2, 0.25) is 0 Å². The van der Waals surface area contributed by atoms with Gasteiger partial charge in [-0.25, -0.2) is 5.57 Å². The molecule has 4 rings (SSSR count). The van der Waals surface area contributed by atoms with Crippen LogP contribution in [0.25, 0.3) is 21.9 Å². The maximum atomic E-state index is 3.36. The molecule has 170 valence electrons. The number of allylic oxidation sites excluding steroid dienone is 4. The zero-order valence-electron chi connectivity index (χ0n) is 20.2. The molecule has 0 amide bonds. The van der Waals surface area contributed by atoms with E-state index in [2.05, 4.69) is 114 Å². The van der Waals surface area contributed by atoms with Gasteiger partial charge in [-0.05, 0) is 0 Å². The minimum atomic E-state index is 0. The Morgan fingerprint density at radius 3 is 1.91 bits per heavy atom. The van der Waals surface area contributed by atoms with E-state index in [1.54, 1.807) is 23.3 Å². The maximum absolute atomic E-state index is 3.36. The van der Waals surface area contributed by atoms with Crippen LogP contribution in [0.4, 0.5) is 0 Å². The van der Waals surface area contributed by atoms with Crippen LogP contribution in [0.5, 0.6) is 0 Å². The molecule has 0 fully saturated rings. The Hall–Kier alpha value is -0.790. The summed E-state index contributed by atoms with van der Waals surface area (Å²) in [5.74, 6) is 0.560. The molecular formula is C28H36Cl2SiZr. The fraction of sp³-hybridized carbons (Fsp3) is 0.321. The van der Waals surface area contributed by atoms with Crippen LogP contribution in [0.1, 0.15) is 41.5 Å². The van der Waals surface area contributed by atoms with E-state index in [9.17, 15) is 0 Å². The Balaban J connectivity index is 0.000000491. The molecule has 1 atom stereocenters. The summed E-state index contributed by atoms with van der Waals surface area (Å²) in [6.07, 6.45) is 3.36. The summed E-state index contributed by atoms with van der Waals surface area (Å²) in [4.78, 5) is 0. The molecule has 3 aromatic rings. The molecule has 0 bridgehead atoms. The largest absolute Gasteiger partial charge is 0.150 e. The first-order chi connectivity index (χ1) is 14.4. The molecule has 3 aromatic carbocycles. The fourth-order valence-corrected chi connectivity index (χ4v) is 3.93. The molecule has 4 heteroatoms. The quantitative estimate of drug-likeness (QED) is 0.220. The first kappa shape index (κ1) is 31.2. The summed E-state index contributed by atoms with van der Waals surface area (Å²) in [7, 11) is 0. The molecule has 0 saturated carbocycles. The van der Waals surface area contributed by atoms with Gasteiger partial charge in [0.05, 0.1) is 0 Å². The number of benzene rings is 2. The first-order valence-corrected chi connectivity index (χ1v) is 16.5. The van der Waals surface area contributed by atoms with Gasteiger partial charge in [0.25, 0.3) is 0 Å². The van der Waals surface area contributed by atoms with Gasteiger partial charge in [0.15, 0.2) is 0 Å². The molecule has 1 aliphatic rings. The van der Waals surface area contributed by atoms with Crippen molar-refractivity contribution in [3.8, 4) is 11.1 Å². The van der Waals surface area contributed by atoms with Crippen molar-refractivity contribution in [2.24, 2.45) is 5.92 Å². The van der Waals surface area contributed by atoms with E-state index >= 15 is 0 Å². The van der Waals surface area contributed by atoms with Gasteiger partial charge < -0.3 is 0 Å². The van der Waals surface area contributed by atoms with Crippen molar-refractivity contribution in [3.63, 3.8) is 0 Å². The molecule has 0 heterocycles. The smallest absolute Gasteiger partial charge is 0.0623 e. The van der Waals surface area contributed by atoms with E-state index in [4.69, 9.17) is 0 Å². The Morgan fingerprint density at radius 2 is 1.47 bits per heavy atom. The fourth-order valence-electron chi connectivity index (χ4n) is 3.43. The summed E-state index contributed by atoms with van der Waals surface area (Å²) < 4.78 is 0. The van der Waals surface area contributed by atoms with Gasteiger partial charge in [-0.3, -0.25) is 6.08 Å². The Kier molecular flexibility index (Phi) is 15.5. The van der Waals surface area contributed by atoms with Crippen molar-refractivity contribution >= 4 is 41.0 Å². The predicted molar refractivity (Wildman–Crippen MR) is 146 cm³/mol. The first-order valence-electron chi connectivity index (χ1n) is 10.9. The monoisotopic (exact) mass is 560 g/mol. The minimum Gasteiger partial charge on any atom is -0.150 e. The van der Waals surface area contributed by atoms with Crippen molar-refractivity contribution in [1.82, 2.24) is 0 Å². The second-order valence-electron chi connectivity index (χ2n) is 7.81. The van der Waals surface area contributed by atoms with Crippen molar-refractivity contribution in [1.29, 1.82) is 0 Å².